The Morgan fingerprint density at radius 3 is 2.43 bits per heavy atom. The predicted octanol–water partition coefficient (Wildman–Crippen LogP) is 10.1. The number of carbonyl (C=O) groups is 1. The van der Waals surface area contributed by atoms with Crippen LogP contribution in [0.5, 0.6) is 11.5 Å². The molecular formula is C40H58O4. The highest BCUT2D eigenvalue weighted by molar-refractivity contribution is 5.87. The summed E-state index contributed by atoms with van der Waals surface area (Å²) in [6.07, 6.45) is 20.1. The SMILES string of the molecule is COc1cc(C=CC(=O)O[C@H]2CC[C@@]34C[C@@]35CC[C@]3(C)[C@H]([C@H](C)CCC=C(C)C)CC[C@@]3(C)[C@H]5CC[C@H]4C2(C)C)ccc1O. The van der Waals surface area contributed by atoms with Crippen molar-refractivity contribution in [2.75, 3.05) is 7.11 Å². The number of ether oxygens (including phenoxy) is 2. The second kappa shape index (κ2) is 10.9. The minimum Gasteiger partial charge on any atom is -0.504 e. The van der Waals surface area contributed by atoms with Gasteiger partial charge in [-0.1, -0.05) is 52.3 Å². The van der Waals surface area contributed by atoms with Crippen LogP contribution in [0.2, 0.25) is 0 Å². The number of carbonyl (C=O) groups excluding carboxylic acids is 1. The Morgan fingerprint density at radius 1 is 0.977 bits per heavy atom. The van der Waals surface area contributed by atoms with Crippen LogP contribution in [-0.4, -0.2) is 24.3 Å². The maximum absolute atomic E-state index is 13.1. The van der Waals surface area contributed by atoms with Crippen LogP contribution in [0.25, 0.3) is 6.08 Å². The topological polar surface area (TPSA) is 55.8 Å². The first-order valence-corrected chi connectivity index (χ1v) is 17.6. The van der Waals surface area contributed by atoms with Crippen molar-refractivity contribution < 1.29 is 19.4 Å². The Kier molecular flexibility index (Phi) is 7.89. The smallest absolute Gasteiger partial charge is 0.331 e. The Bertz CT molecular complexity index is 1340. The second-order valence-electron chi connectivity index (χ2n) is 17.0. The molecule has 0 radical (unpaired) electrons. The molecule has 4 nitrogen and oxygen atoms in total. The molecule has 0 heterocycles. The summed E-state index contributed by atoms with van der Waals surface area (Å²) < 4.78 is 11.4. The normalized spacial score (nSPS) is 40.6. The number of allylic oxidation sites excluding steroid dienone is 2. The maximum atomic E-state index is 13.1. The Labute approximate surface area is 267 Å². The highest BCUT2D eigenvalue weighted by Crippen LogP contribution is 2.89. The molecule has 5 saturated carbocycles. The van der Waals surface area contributed by atoms with Crippen LogP contribution >= 0.6 is 0 Å². The van der Waals surface area contributed by atoms with Gasteiger partial charge in [0.1, 0.15) is 6.10 Å². The van der Waals surface area contributed by atoms with Gasteiger partial charge in [0.25, 0.3) is 0 Å². The number of aromatic hydroxyl groups is 1. The molecule has 0 unspecified atom stereocenters. The summed E-state index contributed by atoms with van der Waals surface area (Å²) in [6, 6.07) is 5.09. The zero-order valence-corrected chi connectivity index (χ0v) is 28.8. The molecule has 9 atom stereocenters. The molecule has 0 aliphatic heterocycles. The fraction of sp³-hybridized carbons (Fsp3) is 0.725. The van der Waals surface area contributed by atoms with E-state index in [9.17, 15) is 9.90 Å². The van der Waals surface area contributed by atoms with E-state index in [2.05, 4.69) is 54.5 Å². The lowest BCUT2D eigenvalue weighted by Gasteiger charge is -2.63. The Balaban J connectivity index is 1.15. The van der Waals surface area contributed by atoms with Gasteiger partial charge in [-0.2, -0.15) is 0 Å². The first-order valence-electron chi connectivity index (χ1n) is 17.6. The summed E-state index contributed by atoms with van der Waals surface area (Å²) >= 11 is 0. The van der Waals surface area contributed by atoms with Gasteiger partial charge in [0, 0.05) is 11.5 Å². The predicted molar refractivity (Wildman–Crippen MR) is 178 cm³/mol. The van der Waals surface area contributed by atoms with E-state index in [0.29, 0.717) is 33.3 Å². The van der Waals surface area contributed by atoms with Gasteiger partial charge in [-0.05, 0) is 154 Å². The lowest BCUT2D eigenvalue weighted by atomic mass is 9.41. The van der Waals surface area contributed by atoms with E-state index in [0.717, 1.165) is 29.7 Å². The molecular weight excluding hydrogens is 544 g/mol. The van der Waals surface area contributed by atoms with Crippen molar-refractivity contribution in [3.05, 3.63) is 41.5 Å². The molecule has 0 aromatic heterocycles. The Morgan fingerprint density at radius 2 is 1.70 bits per heavy atom. The van der Waals surface area contributed by atoms with Gasteiger partial charge >= 0.3 is 5.97 Å². The number of rotatable bonds is 8. The summed E-state index contributed by atoms with van der Waals surface area (Å²) in [5.74, 6) is 3.33. The molecule has 0 bridgehead atoms. The summed E-state index contributed by atoms with van der Waals surface area (Å²) in [5, 5.41) is 9.88. The third-order valence-corrected chi connectivity index (χ3v) is 14.8. The average molecular weight is 603 g/mol. The molecule has 5 aliphatic rings. The average Bonchev–Trinajstić information content (AvgIpc) is 3.55. The quantitative estimate of drug-likeness (QED) is 0.183. The Hall–Kier alpha value is -2.23. The molecule has 1 N–H and O–H groups in total. The third kappa shape index (κ3) is 4.62. The van der Waals surface area contributed by atoms with Crippen LogP contribution in [0.1, 0.15) is 125 Å². The molecule has 1 aromatic rings. The summed E-state index contributed by atoms with van der Waals surface area (Å²) in [6.45, 7) is 17.2. The van der Waals surface area contributed by atoms with Gasteiger partial charge in [-0.3, -0.25) is 0 Å². The number of hydrogen-bond donors (Lipinski definition) is 1. The maximum Gasteiger partial charge on any atom is 0.331 e. The van der Waals surface area contributed by atoms with Gasteiger partial charge in [0.2, 0.25) is 0 Å². The summed E-state index contributed by atoms with van der Waals surface area (Å²) in [4.78, 5) is 13.1. The number of esters is 1. The molecule has 0 amide bonds. The van der Waals surface area contributed by atoms with Crippen LogP contribution in [0.4, 0.5) is 0 Å². The van der Waals surface area contributed by atoms with Crippen molar-refractivity contribution in [2.24, 2.45) is 50.7 Å². The number of phenols is 1. The van der Waals surface area contributed by atoms with Gasteiger partial charge in [-0.25, -0.2) is 4.79 Å². The van der Waals surface area contributed by atoms with Crippen molar-refractivity contribution in [2.45, 2.75) is 125 Å². The summed E-state index contributed by atoms with van der Waals surface area (Å²) in [5.41, 5.74) is 4.08. The first kappa shape index (κ1) is 31.7. The molecule has 2 spiro atoms. The fourth-order valence-corrected chi connectivity index (χ4v) is 12.5. The molecule has 4 heteroatoms. The lowest BCUT2D eigenvalue weighted by Crippen LogP contribution is -2.58. The van der Waals surface area contributed by atoms with Crippen molar-refractivity contribution in [1.82, 2.24) is 0 Å². The minimum atomic E-state index is -0.276. The van der Waals surface area contributed by atoms with E-state index >= 15 is 0 Å². The van der Waals surface area contributed by atoms with E-state index in [1.165, 1.54) is 83.0 Å². The van der Waals surface area contributed by atoms with E-state index in [1.54, 1.807) is 24.3 Å². The van der Waals surface area contributed by atoms with Crippen molar-refractivity contribution in [1.29, 1.82) is 0 Å². The molecule has 44 heavy (non-hydrogen) atoms. The lowest BCUT2D eigenvalue weighted by molar-refractivity contribution is -0.179. The van der Waals surface area contributed by atoms with Crippen LogP contribution < -0.4 is 4.74 Å². The molecule has 5 fully saturated rings. The molecule has 6 rings (SSSR count). The number of hydrogen-bond acceptors (Lipinski definition) is 4. The van der Waals surface area contributed by atoms with Crippen molar-refractivity contribution in [3.63, 3.8) is 0 Å². The summed E-state index contributed by atoms with van der Waals surface area (Å²) in [7, 11) is 1.53. The number of fused-ring (bicyclic) bond motifs is 2. The fourth-order valence-electron chi connectivity index (χ4n) is 12.5. The first-order chi connectivity index (χ1) is 20.7. The number of benzene rings is 1. The van der Waals surface area contributed by atoms with Crippen molar-refractivity contribution >= 4 is 12.0 Å². The van der Waals surface area contributed by atoms with Crippen LogP contribution in [0.3, 0.4) is 0 Å². The standard InChI is InChI=1S/C40H58O4/c1-26(2)10-9-11-27(3)29-18-20-38(7)33-16-15-32-36(4,5)34(19-21-39(32)25-40(33,39)23-22-37(29,38)6)44-35(42)17-13-28-12-14-30(41)31(24-28)43-8/h10,12-14,17,24,27,29,32-34,41H,9,11,15-16,18-23,25H2,1-8H3/t27-,29+,32+,33-,34+,37-,38+,39+,40-/m1/s1. The minimum absolute atomic E-state index is 0.0305. The van der Waals surface area contributed by atoms with E-state index in [-0.39, 0.29) is 23.2 Å². The molecule has 5 aliphatic carbocycles. The second-order valence-corrected chi connectivity index (χ2v) is 17.0. The zero-order valence-electron chi connectivity index (χ0n) is 28.8. The molecule has 1 aromatic carbocycles. The van der Waals surface area contributed by atoms with E-state index in [4.69, 9.17) is 9.47 Å². The monoisotopic (exact) mass is 602 g/mol. The highest BCUT2D eigenvalue weighted by Gasteiger charge is 2.82. The van der Waals surface area contributed by atoms with Crippen LogP contribution in [-0.2, 0) is 9.53 Å². The molecule has 0 saturated heterocycles. The van der Waals surface area contributed by atoms with Crippen LogP contribution in [0.15, 0.2) is 35.9 Å². The molecule has 242 valence electrons. The van der Waals surface area contributed by atoms with Crippen molar-refractivity contribution in [3.8, 4) is 11.5 Å². The number of phenolic OH excluding ortho intramolecular Hbond substituents is 1. The highest BCUT2D eigenvalue weighted by atomic mass is 16.5. The van der Waals surface area contributed by atoms with Gasteiger partial charge in [0.05, 0.1) is 7.11 Å². The van der Waals surface area contributed by atoms with E-state index in [1.807, 2.05) is 0 Å². The largest absolute Gasteiger partial charge is 0.504 e. The van der Waals surface area contributed by atoms with Gasteiger partial charge in [0.15, 0.2) is 11.5 Å². The number of methoxy groups -OCH3 is 1. The third-order valence-electron chi connectivity index (χ3n) is 14.8. The van der Waals surface area contributed by atoms with Crippen LogP contribution in [0, 0.1) is 50.7 Å². The zero-order chi connectivity index (χ0) is 31.7. The van der Waals surface area contributed by atoms with Gasteiger partial charge in [-0.15, -0.1) is 0 Å². The van der Waals surface area contributed by atoms with E-state index < -0.39 is 0 Å². The van der Waals surface area contributed by atoms with Gasteiger partial charge < -0.3 is 14.6 Å².